The van der Waals surface area contributed by atoms with E-state index in [1.807, 2.05) is 0 Å². The summed E-state index contributed by atoms with van der Waals surface area (Å²) in [4.78, 5) is 0. The van der Waals surface area contributed by atoms with E-state index in [0.717, 1.165) is 32.5 Å². The van der Waals surface area contributed by atoms with Crippen molar-refractivity contribution in [1.29, 1.82) is 0 Å². The van der Waals surface area contributed by atoms with Gasteiger partial charge in [-0.2, -0.15) is 0 Å². The van der Waals surface area contributed by atoms with Crippen LogP contribution >= 0.6 is 0 Å². The fourth-order valence-corrected chi connectivity index (χ4v) is 1.85. The van der Waals surface area contributed by atoms with Crippen molar-refractivity contribution in [2.24, 2.45) is 0 Å². The SMILES string of the molecule is CCCCCCOCC(O)C1CCCO1. The maximum absolute atomic E-state index is 9.70. The van der Waals surface area contributed by atoms with Crippen molar-refractivity contribution in [3.8, 4) is 0 Å². The monoisotopic (exact) mass is 216 g/mol. The van der Waals surface area contributed by atoms with Crippen LogP contribution in [0.25, 0.3) is 0 Å². The summed E-state index contributed by atoms with van der Waals surface area (Å²) in [7, 11) is 0. The summed E-state index contributed by atoms with van der Waals surface area (Å²) in [6, 6.07) is 0. The Morgan fingerprint density at radius 1 is 1.40 bits per heavy atom. The Morgan fingerprint density at radius 2 is 2.27 bits per heavy atom. The van der Waals surface area contributed by atoms with Gasteiger partial charge in [0.05, 0.1) is 12.7 Å². The van der Waals surface area contributed by atoms with Gasteiger partial charge in [-0.25, -0.2) is 0 Å². The van der Waals surface area contributed by atoms with E-state index in [4.69, 9.17) is 9.47 Å². The quantitative estimate of drug-likeness (QED) is 0.632. The van der Waals surface area contributed by atoms with Crippen molar-refractivity contribution in [3.63, 3.8) is 0 Å². The average Bonchev–Trinajstić information content (AvgIpc) is 2.76. The molecule has 0 spiro atoms. The Morgan fingerprint density at radius 3 is 2.93 bits per heavy atom. The summed E-state index contributed by atoms with van der Waals surface area (Å²) in [6.07, 6.45) is 6.48. The molecular formula is C12H24O3. The molecule has 0 aromatic heterocycles. The molecule has 0 aromatic carbocycles. The number of aliphatic hydroxyl groups is 1. The van der Waals surface area contributed by atoms with Gasteiger partial charge in [0.1, 0.15) is 6.10 Å². The molecule has 0 aliphatic carbocycles. The first kappa shape index (κ1) is 12.9. The highest BCUT2D eigenvalue weighted by Crippen LogP contribution is 2.15. The molecule has 15 heavy (non-hydrogen) atoms. The van der Waals surface area contributed by atoms with Crippen LogP contribution in [0.15, 0.2) is 0 Å². The fourth-order valence-electron chi connectivity index (χ4n) is 1.85. The molecule has 3 nitrogen and oxygen atoms in total. The lowest BCUT2D eigenvalue weighted by molar-refractivity contribution is -0.0484. The van der Waals surface area contributed by atoms with Crippen LogP contribution in [0.1, 0.15) is 45.4 Å². The van der Waals surface area contributed by atoms with Crippen LogP contribution in [0.4, 0.5) is 0 Å². The average molecular weight is 216 g/mol. The lowest BCUT2D eigenvalue weighted by Crippen LogP contribution is -2.30. The van der Waals surface area contributed by atoms with Crippen molar-refractivity contribution in [2.75, 3.05) is 19.8 Å². The van der Waals surface area contributed by atoms with Crippen molar-refractivity contribution >= 4 is 0 Å². The first-order valence-corrected chi connectivity index (χ1v) is 6.22. The first-order chi connectivity index (χ1) is 7.34. The summed E-state index contributed by atoms with van der Waals surface area (Å²) in [5, 5.41) is 9.70. The second kappa shape index (κ2) is 8.08. The molecule has 1 aliphatic rings. The van der Waals surface area contributed by atoms with Gasteiger partial charge in [0, 0.05) is 13.2 Å². The Balaban J connectivity index is 1.90. The van der Waals surface area contributed by atoms with Gasteiger partial charge < -0.3 is 14.6 Å². The molecule has 0 bridgehead atoms. The molecule has 0 saturated carbocycles. The molecule has 2 atom stereocenters. The molecular weight excluding hydrogens is 192 g/mol. The lowest BCUT2D eigenvalue weighted by Gasteiger charge is -2.17. The summed E-state index contributed by atoms with van der Waals surface area (Å²) >= 11 is 0. The molecule has 0 aromatic rings. The molecule has 1 heterocycles. The second-order valence-corrected chi connectivity index (χ2v) is 4.25. The largest absolute Gasteiger partial charge is 0.388 e. The van der Waals surface area contributed by atoms with Crippen LogP contribution < -0.4 is 0 Å². The van der Waals surface area contributed by atoms with Gasteiger partial charge in [-0.1, -0.05) is 26.2 Å². The van der Waals surface area contributed by atoms with Gasteiger partial charge >= 0.3 is 0 Å². The number of aliphatic hydroxyl groups excluding tert-OH is 1. The molecule has 1 fully saturated rings. The van der Waals surface area contributed by atoms with E-state index in [-0.39, 0.29) is 6.10 Å². The van der Waals surface area contributed by atoms with E-state index in [2.05, 4.69) is 6.92 Å². The van der Waals surface area contributed by atoms with Gasteiger partial charge in [-0.15, -0.1) is 0 Å². The van der Waals surface area contributed by atoms with Crippen LogP contribution in [0.5, 0.6) is 0 Å². The lowest BCUT2D eigenvalue weighted by atomic mass is 10.1. The van der Waals surface area contributed by atoms with Gasteiger partial charge in [-0.3, -0.25) is 0 Å². The topological polar surface area (TPSA) is 38.7 Å². The predicted molar refractivity (Wildman–Crippen MR) is 59.9 cm³/mol. The molecule has 1 N–H and O–H groups in total. The molecule has 0 amide bonds. The third-order valence-corrected chi connectivity index (χ3v) is 2.82. The van der Waals surface area contributed by atoms with Crippen molar-refractivity contribution in [3.05, 3.63) is 0 Å². The molecule has 1 rings (SSSR count). The van der Waals surface area contributed by atoms with Crippen LogP contribution in [0.3, 0.4) is 0 Å². The minimum atomic E-state index is -0.432. The summed E-state index contributed by atoms with van der Waals surface area (Å²) in [6.45, 7) is 4.18. The fraction of sp³-hybridized carbons (Fsp3) is 1.00. The minimum Gasteiger partial charge on any atom is -0.388 e. The number of hydrogen-bond donors (Lipinski definition) is 1. The van der Waals surface area contributed by atoms with Crippen LogP contribution in [-0.2, 0) is 9.47 Å². The molecule has 1 saturated heterocycles. The molecule has 1 aliphatic heterocycles. The Bertz CT molecular complexity index is 144. The summed E-state index contributed by atoms with van der Waals surface area (Å²) in [5.74, 6) is 0. The normalized spacial score (nSPS) is 23.2. The standard InChI is InChI=1S/C12H24O3/c1-2-3-4-5-8-14-10-11(13)12-7-6-9-15-12/h11-13H,2-10H2,1H3. The maximum Gasteiger partial charge on any atom is 0.103 e. The zero-order valence-electron chi connectivity index (χ0n) is 9.78. The van der Waals surface area contributed by atoms with Crippen molar-refractivity contribution in [2.45, 2.75) is 57.7 Å². The summed E-state index contributed by atoms with van der Waals surface area (Å²) in [5.41, 5.74) is 0. The van der Waals surface area contributed by atoms with Crippen molar-refractivity contribution < 1.29 is 14.6 Å². The van der Waals surface area contributed by atoms with E-state index in [9.17, 15) is 5.11 Å². The highest BCUT2D eigenvalue weighted by Gasteiger charge is 2.23. The third-order valence-electron chi connectivity index (χ3n) is 2.82. The van der Waals surface area contributed by atoms with Crippen LogP contribution in [-0.4, -0.2) is 37.1 Å². The van der Waals surface area contributed by atoms with Gasteiger partial charge in [-0.05, 0) is 19.3 Å². The van der Waals surface area contributed by atoms with E-state index in [1.54, 1.807) is 0 Å². The van der Waals surface area contributed by atoms with Gasteiger partial charge in [0.25, 0.3) is 0 Å². The van der Waals surface area contributed by atoms with Crippen LogP contribution in [0, 0.1) is 0 Å². The number of unbranched alkanes of at least 4 members (excludes halogenated alkanes) is 3. The van der Waals surface area contributed by atoms with E-state index in [1.165, 1.54) is 19.3 Å². The Hall–Kier alpha value is -0.120. The zero-order valence-corrected chi connectivity index (χ0v) is 9.78. The number of hydrogen-bond acceptors (Lipinski definition) is 3. The minimum absolute atomic E-state index is 0.0145. The first-order valence-electron chi connectivity index (χ1n) is 6.22. The molecule has 90 valence electrons. The van der Waals surface area contributed by atoms with Gasteiger partial charge in [0.15, 0.2) is 0 Å². The third kappa shape index (κ3) is 5.50. The molecule has 3 heteroatoms. The van der Waals surface area contributed by atoms with E-state index >= 15 is 0 Å². The van der Waals surface area contributed by atoms with E-state index in [0.29, 0.717) is 6.61 Å². The maximum atomic E-state index is 9.70. The Labute approximate surface area is 92.8 Å². The second-order valence-electron chi connectivity index (χ2n) is 4.25. The highest BCUT2D eigenvalue weighted by molar-refractivity contribution is 4.73. The molecule has 0 radical (unpaired) electrons. The summed E-state index contributed by atoms with van der Waals surface area (Å²) < 4.78 is 10.8. The Kier molecular flexibility index (Phi) is 6.98. The smallest absolute Gasteiger partial charge is 0.103 e. The highest BCUT2D eigenvalue weighted by atomic mass is 16.5. The zero-order chi connectivity index (χ0) is 10.9. The molecule has 2 unspecified atom stereocenters. The van der Waals surface area contributed by atoms with Crippen molar-refractivity contribution in [1.82, 2.24) is 0 Å². The van der Waals surface area contributed by atoms with Crippen LogP contribution in [0.2, 0.25) is 0 Å². The number of rotatable bonds is 8. The number of ether oxygens (including phenoxy) is 2. The van der Waals surface area contributed by atoms with Gasteiger partial charge in [0.2, 0.25) is 0 Å². The predicted octanol–water partition coefficient (Wildman–Crippen LogP) is 2.12. The van der Waals surface area contributed by atoms with E-state index < -0.39 is 6.10 Å².